The van der Waals surface area contributed by atoms with Crippen LogP contribution in [0.3, 0.4) is 0 Å². The average Bonchev–Trinajstić information content (AvgIpc) is 2.22. The zero-order valence-electron chi connectivity index (χ0n) is 10.5. The summed E-state index contributed by atoms with van der Waals surface area (Å²) in [4.78, 5) is 0. The average molecular weight is 219 g/mol. The monoisotopic (exact) mass is 219 g/mol. The number of nitrogens with one attached hydrogen (secondary N) is 1. The van der Waals surface area contributed by atoms with E-state index in [4.69, 9.17) is 0 Å². The molecule has 0 heterocycles. The minimum atomic E-state index is 0.629. The highest BCUT2D eigenvalue weighted by Gasteiger charge is 2.49. The lowest BCUT2D eigenvalue weighted by Crippen LogP contribution is -2.45. The molecule has 0 saturated heterocycles. The topological polar surface area (TPSA) is 12.0 Å². The van der Waals surface area contributed by atoms with Crippen LogP contribution in [0, 0.1) is 23.2 Å². The van der Waals surface area contributed by atoms with E-state index in [1.807, 2.05) is 0 Å². The Balaban J connectivity index is 1.66. The van der Waals surface area contributed by atoms with Gasteiger partial charge in [-0.15, -0.1) is 0 Å². The number of rotatable bonds is 4. The molecule has 1 heteroatoms. The molecule has 90 valence electrons. The Kier molecular flexibility index (Phi) is 2.83. The molecule has 0 aromatic carbocycles. The summed E-state index contributed by atoms with van der Waals surface area (Å²) in [5, 5.41) is 3.39. The fourth-order valence-electron chi connectivity index (χ4n) is 4.92. The van der Waals surface area contributed by atoms with E-state index < -0.39 is 0 Å². The molecular weight excluding hydrogens is 194 g/mol. The van der Waals surface area contributed by atoms with Gasteiger partial charge in [-0.1, -0.05) is 19.1 Å². The molecule has 4 aliphatic carbocycles. The van der Waals surface area contributed by atoms with Crippen LogP contribution >= 0.6 is 0 Å². The standard InChI is InChI=1S/C15H25N/c1-2-16-5-3-4-15-9-12-6-13(10-15)8-14(7-12)11-15/h3-4,12-14,16H,2,5-11H2,1H3/b4-3+. The number of hydrogen-bond donors (Lipinski definition) is 1. The first-order valence-electron chi connectivity index (χ1n) is 7.18. The highest BCUT2D eigenvalue weighted by atomic mass is 14.8. The minimum Gasteiger partial charge on any atom is -0.314 e. The van der Waals surface area contributed by atoms with Gasteiger partial charge in [0.05, 0.1) is 0 Å². The molecular formula is C15H25N. The van der Waals surface area contributed by atoms with Crippen molar-refractivity contribution in [1.82, 2.24) is 5.32 Å². The van der Waals surface area contributed by atoms with Gasteiger partial charge in [-0.3, -0.25) is 0 Å². The second kappa shape index (κ2) is 4.18. The van der Waals surface area contributed by atoms with Crippen LogP contribution in [0.15, 0.2) is 12.2 Å². The van der Waals surface area contributed by atoms with Crippen molar-refractivity contribution < 1.29 is 0 Å². The van der Waals surface area contributed by atoms with Gasteiger partial charge in [0, 0.05) is 6.54 Å². The van der Waals surface area contributed by atoms with Crippen LogP contribution in [-0.4, -0.2) is 13.1 Å². The summed E-state index contributed by atoms with van der Waals surface area (Å²) in [7, 11) is 0. The second-order valence-corrected chi connectivity index (χ2v) is 6.49. The lowest BCUT2D eigenvalue weighted by atomic mass is 9.49. The second-order valence-electron chi connectivity index (χ2n) is 6.49. The first-order valence-corrected chi connectivity index (χ1v) is 7.18. The van der Waals surface area contributed by atoms with Crippen molar-refractivity contribution in [3.05, 3.63) is 12.2 Å². The number of hydrogen-bond acceptors (Lipinski definition) is 1. The largest absolute Gasteiger partial charge is 0.314 e. The van der Waals surface area contributed by atoms with Crippen LogP contribution in [0.5, 0.6) is 0 Å². The van der Waals surface area contributed by atoms with Crippen LogP contribution in [0.25, 0.3) is 0 Å². The van der Waals surface area contributed by atoms with E-state index in [2.05, 4.69) is 24.4 Å². The Labute approximate surface area is 99.7 Å². The zero-order chi connectivity index (χ0) is 11.0. The minimum absolute atomic E-state index is 0.629. The molecule has 1 nitrogen and oxygen atoms in total. The zero-order valence-corrected chi connectivity index (χ0v) is 10.5. The molecule has 0 unspecified atom stereocenters. The van der Waals surface area contributed by atoms with Crippen LogP contribution in [0.1, 0.15) is 45.4 Å². The van der Waals surface area contributed by atoms with Gasteiger partial charge in [-0.25, -0.2) is 0 Å². The van der Waals surface area contributed by atoms with E-state index in [-0.39, 0.29) is 0 Å². The van der Waals surface area contributed by atoms with E-state index >= 15 is 0 Å². The maximum atomic E-state index is 3.39. The van der Waals surface area contributed by atoms with Gasteiger partial charge in [0.25, 0.3) is 0 Å². The molecule has 0 aromatic rings. The molecule has 16 heavy (non-hydrogen) atoms. The molecule has 4 saturated carbocycles. The van der Waals surface area contributed by atoms with Gasteiger partial charge >= 0.3 is 0 Å². The smallest absolute Gasteiger partial charge is 0.0134 e. The molecule has 1 N–H and O–H groups in total. The predicted octanol–water partition coefficient (Wildman–Crippen LogP) is 3.37. The summed E-state index contributed by atoms with van der Waals surface area (Å²) >= 11 is 0. The van der Waals surface area contributed by atoms with Crippen molar-refractivity contribution in [3.63, 3.8) is 0 Å². The molecule has 4 rings (SSSR count). The summed E-state index contributed by atoms with van der Waals surface area (Å²) in [5.41, 5.74) is 0.629. The maximum absolute atomic E-state index is 3.39. The van der Waals surface area contributed by atoms with Crippen molar-refractivity contribution in [2.45, 2.75) is 45.4 Å². The lowest BCUT2D eigenvalue weighted by Gasteiger charge is -2.55. The Morgan fingerprint density at radius 3 is 2.12 bits per heavy atom. The SMILES string of the molecule is CCNC/C=C/C12CC3CC(CC(C3)C1)C2. The number of allylic oxidation sites excluding steroid dienone is 1. The Hall–Kier alpha value is -0.300. The normalized spacial score (nSPS) is 45.7. The molecule has 0 amide bonds. The van der Waals surface area contributed by atoms with Crippen molar-refractivity contribution in [2.75, 3.05) is 13.1 Å². The summed E-state index contributed by atoms with van der Waals surface area (Å²) in [6.07, 6.45) is 14.2. The summed E-state index contributed by atoms with van der Waals surface area (Å²) in [6.45, 7) is 4.34. The van der Waals surface area contributed by atoms with Gasteiger partial charge < -0.3 is 5.32 Å². The van der Waals surface area contributed by atoms with Gasteiger partial charge in [0.1, 0.15) is 0 Å². The molecule has 0 spiro atoms. The third-order valence-electron chi connectivity index (χ3n) is 5.07. The van der Waals surface area contributed by atoms with E-state index in [0.717, 1.165) is 30.8 Å². The Morgan fingerprint density at radius 1 is 1.06 bits per heavy atom. The fourth-order valence-corrected chi connectivity index (χ4v) is 4.92. The molecule has 0 atom stereocenters. The first-order chi connectivity index (χ1) is 7.80. The highest BCUT2D eigenvalue weighted by Crippen LogP contribution is 2.60. The van der Waals surface area contributed by atoms with Crippen LogP contribution in [-0.2, 0) is 0 Å². The quantitative estimate of drug-likeness (QED) is 0.564. The molecule has 4 aliphatic rings. The van der Waals surface area contributed by atoms with Crippen LogP contribution in [0.2, 0.25) is 0 Å². The molecule has 4 fully saturated rings. The fraction of sp³-hybridized carbons (Fsp3) is 0.867. The maximum Gasteiger partial charge on any atom is 0.0134 e. The summed E-state index contributed by atoms with van der Waals surface area (Å²) in [5.74, 6) is 3.24. The summed E-state index contributed by atoms with van der Waals surface area (Å²) < 4.78 is 0. The van der Waals surface area contributed by atoms with Crippen LogP contribution in [0.4, 0.5) is 0 Å². The van der Waals surface area contributed by atoms with Crippen molar-refractivity contribution in [1.29, 1.82) is 0 Å². The van der Waals surface area contributed by atoms with Crippen LogP contribution < -0.4 is 5.32 Å². The highest BCUT2D eigenvalue weighted by molar-refractivity contribution is 5.10. The number of likely N-dealkylation sites (N-methyl/N-ethyl adjacent to an activating group) is 1. The molecule has 0 radical (unpaired) electrons. The summed E-state index contributed by atoms with van der Waals surface area (Å²) in [6, 6.07) is 0. The molecule has 0 aliphatic heterocycles. The third-order valence-corrected chi connectivity index (χ3v) is 5.07. The lowest BCUT2D eigenvalue weighted by molar-refractivity contribution is -0.0238. The Morgan fingerprint density at radius 2 is 1.62 bits per heavy atom. The van der Waals surface area contributed by atoms with Crippen molar-refractivity contribution >= 4 is 0 Å². The first kappa shape index (κ1) is 10.8. The van der Waals surface area contributed by atoms with E-state index in [0.29, 0.717) is 5.41 Å². The van der Waals surface area contributed by atoms with E-state index in [1.165, 1.54) is 19.3 Å². The van der Waals surface area contributed by atoms with Gasteiger partial charge in [-0.2, -0.15) is 0 Å². The van der Waals surface area contributed by atoms with Gasteiger partial charge in [0.2, 0.25) is 0 Å². The van der Waals surface area contributed by atoms with Crippen molar-refractivity contribution in [2.24, 2.45) is 23.2 Å². The molecule has 4 bridgehead atoms. The van der Waals surface area contributed by atoms with Gasteiger partial charge in [0.15, 0.2) is 0 Å². The van der Waals surface area contributed by atoms with Crippen molar-refractivity contribution in [3.8, 4) is 0 Å². The van der Waals surface area contributed by atoms with E-state index in [9.17, 15) is 0 Å². The molecule has 0 aromatic heterocycles. The van der Waals surface area contributed by atoms with Gasteiger partial charge in [-0.05, 0) is 68.2 Å². The third kappa shape index (κ3) is 1.95. The Bertz CT molecular complexity index is 244. The predicted molar refractivity (Wildman–Crippen MR) is 68.3 cm³/mol. The van der Waals surface area contributed by atoms with E-state index in [1.54, 1.807) is 19.3 Å².